The van der Waals surface area contributed by atoms with E-state index in [9.17, 15) is 9.59 Å². The molecule has 1 N–H and O–H groups in total. The van der Waals surface area contributed by atoms with Crippen molar-refractivity contribution < 1.29 is 9.53 Å². The molecule has 1 heterocycles. The fourth-order valence-corrected chi connectivity index (χ4v) is 3.92. The lowest BCUT2D eigenvalue weighted by molar-refractivity contribution is 0.0929. The van der Waals surface area contributed by atoms with E-state index in [1.54, 1.807) is 31.5 Å². The standard InChI is InChI=1S/C23H24N2O3/c1-28-18-13-11-17(12-14-18)25-15-21(19-9-5-6-10-20(19)23(25)27)22(26)24-16-7-3-2-4-8-16/h5-6,9-16H,2-4,7-8H2,1H3,(H,24,26). The number of hydrogen-bond donors (Lipinski definition) is 1. The van der Waals surface area contributed by atoms with Gasteiger partial charge in [0.15, 0.2) is 0 Å². The number of amides is 1. The van der Waals surface area contributed by atoms with E-state index in [-0.39, 0.29) is 17.5 Å². The molecule has 0 atom stereocenters. The quantitative estimate of drug-likeness (QED) is 0.747. The Kier molecular flexibility index (Phi) is 5.15. The zero-order valence-electron chi connectivity index (χ0n) is 16.0. The third kappa shape index (κ3) is 3.52. The van der Waals surface area contributed by atoms with E-state index in [0.29, 0.717) is 27.8 Å². The number of carbonyl (C=O) groups excluding carboxylic acids is 1. The lowest BCUT2D eigenvalue weighted by Crippen LogP contribution is -2.37. The van der Waals surface area contributed by atoms with Gasteiger partial charge < -0.3 is 10.1 Å². The lowest BCUT2D eigenvalue weighted by Gasteiger charge is -2.23. The van der Waals surface area contributed by atoms with Gasteiger partial charge in [-0.05, 0) is 43.2 Å². The summed E-state index contributed by atoms with van der Waals surface area (Å²) in [5.41, 5.74) is 1.08. The highest BCUT2D eigenvalue weighted by Gasteiger charge is 2.20. The van der Waals surface area contributed by atoms with E-state index in [4.69, 9.17) is 4.74 Å². The SMILES string of the molecule is COc1ccc(-n2cc(C(=O)NC3CCCCC3)c3ccccc3c2=O)cc1. The first-order valence-corrected chi connectivity index (χ1v) is 9.77. The Labute approximate surface area is 163 Å². The summed E-state index contributed by atoms with van der Waals surface area (Å²) in [6.07, 6.45) is 7.22. The fraction of sp³-hybridized carbons (Fsp3) is 0.304. The number of fused-ring (bicyclic) bond motifs is 1. The Morgan fingerprint density at radius 1 is 1.00 bits per heavy atom. The lowest BCUT2D eigenvalue weighted by atomic mass is 9.95. The van der Waals surface area contributed by atoms with E-state index in [0.717, 1.165) is 25.7 Å². The first kappa shape index (κ1) is 18.3. The molecule has 1 aliphatic carbocycles. The molecule has 1 aromatic heterocycles. The van der Waals surface area contributed by atoms with Crippen molar-refractivity contribution >= 4 is 16.7 Å². The molecule has 28 heavy (non-hydrogen) atoms. The average molecular weight is 376 g/mol. The molecule has 0 unspecified atom stereocenters. The first-order chi connectivity index (χ1) is 13.7. The zero-order valence-corrected chi connectivity index (χ0v) is 16.0. The number of hydrogen-bond acceptors (Lipinski definition) is 3. The van der Waals surface area contributed by atoms with Gasteiger partial charge in [-0.25, -0.2) is 0 Å². The van der Waals surface area contributed by atoms with Crippen LogP contribution in [0.1, 0.15) is 42.5 Å². The Balaban J connectivity index is 1.79. The number of methoxy groups -OCH3 is 1. The number of rotatable bonds is 4. The van der Waals surface area contributed by atoms with Gasteiger partial charge in [0.05, 0.1) is 12.7 Å². The van der Waals surface area contributed by atoms with E-state index >= 15 is 0 Å². The monoisotopic (exact) mass is 376 g/mol. The van der Waals surface area contributed by atoms with Crippen molar-refractivity contribution in [1.29, 1.82) is 0 Å². The second-order valence-electron chi connectivity index (χ2n) is 7.27. The van der Waals surface area contributed by atoms with Gasteiger partial charge in [-0.15, -0.1) is 0 Å². The minimum absolute atomic E-state index is 0.120. The highest BCUT2D eigenvalue weighted by molar-refractivity contribution is 6.06. The van der Waals surface area contributed by atoms with Gasteiger partial charge in [0.2, 0.25) is 0 Å². The van der Waals surface area contributed by atoms with Crippen LogP contribution in [0.2, 0.25) is 0 Å². The van der Waals surface area contributed by atoms with Crippen molar-refractivity contribution in [1.82, 2.24) is 9.88 Å². The van der Waals surface area contributed by atoms with Gasteiger partial charge in [0.25, 0.3) is 11.5 Å². The molecule has 4 rings (SSSR count). The summed E-state index contributed by atoms with van der Waals surface area (Å²) in [5.74, 6) is 0.596. The molecular formula is C23H24N2O3. The highest BCUT2D eigenvalue weighted by Crippen LogP contribution is 2.21. The highest BCUT2D eigenvalue weighted by atomic mass is 16.5. The van der Waals surface area contributed by atoms with Crippen molar-refractivity contribution in [3.05, 3.63) is 70.6 Å². The molecular weight excluding hydrogens is 352 g/mol. The second kappa shape index (κ2) is 7.89. The predicted molar refractivity (Wildman–Crippen MR) is 110 cm³/mol. The smallest absolute Gasteiger partial charge is 0.262 e. The predicted octanol–water partition coefficient (Wildman–Crippen LogP) is 4.06. The van der Waals surface area contributed by atoms with Gasteiger partial charge in [-0.1, -0.05) is 37.5 Å². The summed E-state index contributed by atoms with van der Waals surface area (Å²) in [7, 11) is 1.60. The van der Waals surface area contributed by atoms with Crippen LogP contribution in [0.15, 0.2) is 59.5 Å². The number of aromatic nitrogens is 1. The van der Waals surface area contributed by atoms with Gasteiger partial charge in [0, 0.05) is 28.7 Å². The molecule has 5 heteroatoms. The van der Waals surface area contributed by atoms with Crippen LogP contribution in [0.3, 0.4) is 0 Å². The van der Waals surface area contributed by atoms with Crippen LogP contribution in [-0.4, -0.2) is 23.6 Å². The van der Waals surface area contributed by atoms with Crippen molar-refractivity contribution in [3.8, 4) is 11.4 Å². The maximum absolute atomic E-state index is 13.1. The minimum atomic E-state index is -0.144. The molecule has 0 aliphatic heterocycles. The molecule has 3 aromatic rings. The third-order valence-corrected chi connectivity index (χ3v) is 5.46. The summed E-state index contributed by atoms with van der Waals surface area (Å²) >= 11 is 0. The number of benzene rings is 2. The molecule has 1 fully saturated rings. The summed E-state index contributed by atoms with van der Waals surface area (Å²) in [6.45, 7) is 0. The van der Waals surface area contributed by atoms with Crippen molar-refractivity contribution in [2.45, 2.75) is 38.1 Å². The van der Waals surface area contributed by atoms with E-state index in [1.165, 1.54) is 11.0 Å². The number of pyridine rings is 1. The van der Waals surface area contributed by atoms with Crippen molar-refractivity contribution in [2.75, 3.05) is 7.11 Å². The molecule has 0 radical (unpaired) electrons. The summed E-state index contributed by atoms with van der Waals surface area (Å²) in [5, 5.41) is 4.39. The Bertz CT molecular complexity index is 1050. The second-order valence-corrected chi connectivity index (χ2v) is 7.27. The molecule has 144 valence electrons. The van der Waals surface area contributed by atoms with Crippen LogP contribution in [0, 0.1) is 0 Å². The van der Waals surface area contributed by atoms with Crippen molar-refractivity contribution in [3.63, 3.8) is 0 Å². The Hall–Kier alpha value is -3.08. The van der Waals surface area contributed by atoms with E-state index in [1.807, 2.05) is 30.3 Å². The molecule has 0 bridgehead atoms. The van der Waals surface area contributed by atoms with Crippen LogP contribution in [0.4, 0.5) is 0 Å². The van der Waals surface area contributed by atoms with Crippen LogP contribution >= 0.6 is 0 Å². The third-order valence-electron chi connectivity index (χ3n) is 5.46. The Morgan fingerprint density at radius 3 is 2.36 bits per heavy atom. The van der Waals surface area contributed by atoms with Gasteiger partial charge >= 0.3 is 0 Å². The number of ether oxygens (including phenoxy) is 1. The largest absolute Gasteiger partial charge is 0.497 e. The summed E-state index contributed by atoms with van der Waals surface area (Å²) in [4.78, 5) is 26.1. The van der Waals surface area contributed by atoms with E-state index in [2.05, 4.69) is 5.32 Å². The minimum Gasteiger partial charge on any atom is -0.497 e. The maximum Gasteiger partial charge on any atom is 0.262 e. The van der Waals surface area contributed by atoms with E-state index < -0.39 is 0 Å². The molecule has 2 aromatic carbocycles. The normalized spacial score (nSPS) is 14.8. The topological polar surface area (TPSA) is 60.3 Å². The summed E-state index contributed by atoms with van der Waals surface area (Å²) in [6, 6.07) is 14.7. The van der Waals surface area contributed by atoms with Gasteiger partial charge in [-0.2, -0.15) is 0 Å². The van der Waals surface area contributed by atoms with Gasteiger partial charge in [0.1, 0.15) is 5.75 Å². The Morgan fingerprint density at radius 2 is 1.68 bits per heavy atom. The molecule has 1 amide bonds. The number of nitrogens with one attached hydrogen (secondary N) is 1. The maximum atomic E-state index is 13.1. The average Bonchev–Trinajstić information content (AvgIpc) is 2.75. The van der Waals surface area contributed by atoms with Crippen LogP contribution in [0.25, 0.3) is 16.5 Å². The molecule has 1 saturated carbocycles. The summed E-state index contributed by atoms with van der Waals surface area (Å²) < 4.78 is 6.74. The fourth-order valence-electron chi connectivity index (χ4n) is 3.92. The number of nitrogens with zero attached hydrogens (tertiary/aromatic N) is 1. The van der Waals surface area contributed by atoms with Crippen LogP contribution < -0.4 is 15.6 Å². The number of carbonyl (C=O) groups is 1. The van der Waals surface area contributed by atoms with Crippen LogP contribution in [-0.2, 0) is 0 Å². The van der Waals surface area contributed by atoms with Crippen LogP contribution in [0.5, 0.6) is 5.75 Å². The molecule has 1 aliphatic rings. The van der Waals surface area contributed by atoms with Crippen molar-refractivity contribution in [2.24, 2.45) is 0 Å². The first-order valence-electron chi connectivity index (χ1n) is 9.77. The van der Waals surface area contributed by atoms with Gasteiger partial charge in [-0.3, -0.25) is 14.2 Å². The zero-order chi connectivity index (χ0) is 19.5. The molecule has 0 saturated heterocycles. The molecule has 0 spiro atoms. The molecule has 5 nitrogen and oxygen atoms in total.